The Morgan fingerprint density at radius 1 is 0.895 bits per heavy atom. The SMILES string of the molecule is CCN(CCCl)C(c1ccccc1)c1ccccc1. The first-order valence-corrected chi connectivity index (χ1v) is 7.30. The molecule has 0 amide bonds. The van der Waals surface area contributed by atoms with E-state index in [2.05, 4.69) is 72.5 Å². The highest BCUT2D eigenvalue weighted by Crippen LogP contribution is 2.28. The normalized spacial score (nSPS) is 11.2. The van der Waals surface area contributed by atoms with Crippen LogP contribution in [0, 0.1) is 0 Å². The largest absolute Gasteiger partial charge is 0.291 e. The molecule has 2 aromatic carbocycles. The molecule has 2 aromatic rings. The molecule has 0 heterocycles. The third-order valence-electron chi connectivity index (χ3n) is 3.37. The van der Waals surface area contributed by atoms with E-state index >= 15 is 0 Å². The minimum atomic E-state index is 0.283. The average molecular weight is 274 g/mol. The second kappa shape index (κ2) is 7.32. The maximum absolute atomic E-state index is 5.95. The Bertz CT molecular complexity index is 430. The van der Waals surface area contributed by atoms with E-state index in [0.29, 0.717) is 5.88 Å². The third-order valence-corrected chi connectivity index (χ3v) is 3.54. The zero-order valence-electron chi connectivity index (χ0n) is 11.3. The summed E-state index contributed by atoms with van der Waals surface area (Å²) in [6, 6.07) is 21.5. The Labute approximate surface area is 120 Å². The van der Waals surface area contributed by atoms with E-state index in [9.17, 15) is 0 Å². The van der Waals surface area contributed by atoms with E-state index in [4.69, 9.17) is 11.6 Å². The van der Waals surface area contributed by atoms with Crippen molar-refractivity contribution in [3.8, 4) is 0 Å². The van der Waals surface area contributed by atoms with Gasteiger partial charge in [-0.25, -0.2) is 0 Å². The second-order valence-electron chi connectivity index (χ2n) is 4.54. The molecule has 0 N–H and O–H groups in total. The smallest absolute Gasteiger partial charge is 0.0602 e. The molecular formula is C17H20ClN. The fraction of sp³-hybridized carbons (Fsp3) is 0.294. The number of halogens is 1. The number of hydrogen-bond donors (Lipinski definition) is 0. The summed E-state index contributed by atoms with van der Waals surface area (Å²) < 4.78 is 0. The molecule has 100 valence electrons. The summed E-state index contributed by atoms with van der Waals surface area (Å²) in [5.41, 5.74) is 2.64. The van der Waals surface area contributed by atoms with Crippen LogP contribution in [0.4, 0.5) is 0 Å². The summed E-state index contributed by atoms with van der Waals surface area (Å²) in [4.78, 5) is 2.41. The predicted molar refractivity (Wildman–Crippen MR) is 82.7 cm³/mol. The van der Waals surface area contributed by atoms with Crippen molar-refractivity contribution in [1.29, 1.82) is 0 Å². The van der Waals surface area contributed by atoms with Gasteiger partial charge in [0.2, 0.25) is 0 Å². The summed E-state index contributed by atoms with van der Waals surface area (Å²) in [6.07, 6.45) is 0. The fourth-order valence-corrected chi connectivity index (χ4v) is 2.68. The Morgan fingerprint density at radius 3 is 1.74 bits per heavy atom. The van der Waals surface area contributed by atoms with Gasteiger partial charge < -0.3 is 0 Å². The van der Waals surface area contributed by atoms with Gasteiger partial charge in [0.1, 0.15) is 0 Å². The molecule has 0 radical (unpaired) electrons. The molecule has 0 aliphatic rings. The Kier molecular flexibility index (Phi) is 5.44. The topological polar surface area (TPSA) is 3.24 Å². The Hall–Kier alpha value is -1.31. The Morgan fingerprint density at radius 2 is 1.37 bits per heavy atom. The highest BCUT2D eigenvalue weighted by atomic mass is 35.5. The maximum Gasteiger partial charge on any atom is 0.0602 e. The summed E-state index contributed by atoms with van der Waals surface area (Å²) in [7, 11) is 0. The van der Waals surface area contributed by atoms with Gasteiger partial charge in [-0.2, -0.15) is 0 Å². The highest BCUT2D eigenvalue weighted by Gasteiger charge is 2.20. The minimum absolute atomic E-state index is 0.283. The standard InChI is InChI=1S/C17H20ClN/c1-2-19(14-13-18)17(15-9-5-3-6-10-15)16-11-7-4-8-12-16/h3-12,17H,2,13-14H2,1H3. The van der Waals surface area contributed by atoms with Crippen molar-refractivity contribution in [3.63, 3.8) is 0 Å². The maximum atomic E-state index is 5.95. The van der Waals surface area contributed by atoms with Gasteiger partial charge in [-0.1, -0.05) is 67.6 Å². The summed E-state index contributed by atoms with van der Waals surface area (Å²) in [5.74, 6) is 0.657. The second-order valence-corrected chi connectivity index (χ2v) is 4.92. The van der Waals surface area contributed by atoms with Gasteiger partial charge in [0.25, 0.3) is 0 Å². The number of alkyl halides is 1. The average Bonchev–Trinajstić information content (AvgIpc) is 2.49. The lowest BCUT2D eigenvalue weighted by atomic mass is 9.97. The molecule has 0 spiro atoms. The van der Waals surface area contributed by atoms with Gasteiger partial charge in [-0.15, -0.1) is 11.6 Å². The van der Waals surface area contributed by atoms with E-state index in [1.165, 1.54) is 11.1 Å². The molecule has 0 aromatic heterocycles. The Balaban J connectivity index is 2.38. The first-order valence-electron chi connectivity index (χ1n) is 6.76. The van der Waals surface area contributed by atoms with Crippen LogP contribution in [-0.2, 0) is 0 Å². The van der Waals surface area contributed by atoms with E-state index in [1.54, 1.807) is 0 Å². The number of nitrogens with zero attached hydrogens (tertiary/aromatic N) is 1. The molecule has 2 heteroatoms. The molecule has 0 aliphatic heterocycles. The minimum Gasteiger partial charge on any atom is -0.291 e. The van der Waals surface area contributed by atoms with Crippen molar-refractivity contribution in [2.24, 2.45) is 0 Å². The van der Waals surface area contributed by atoms with Crippen LogP contribution in [0.2, 0.25) is 0 Å². The first-order chi connectivity index (χ1) is 9.36. The van der Waals surface area contributed by atoms with Crippen LogP contribution in [0.25, 0.3) is 0 Å². The molecule has 0 unspecified atom stereocenters. The lowest BCUT2D eigenvalue weighted by Crippen LogP contribution is -2.31. The molecular weight excluding hydrogens is 254 g/mol. The number of hydrogen-bond acceptors (Lipinski definition) is 1. The van der Waals surface area contributed by atoms with Crippen LogP contribution < -0.4 is 0 Å². The third kappa shape index (κ3) is 3.59. The molecule has 2 rings (SSSR count). The number of benzene rings is 2. The van der Waals surface area contributed by atoms with Crippen LogP contribution in [0.1, 0.15) is 24.1 Å². The summed E-state index contributed by atoms with van der Waals surface area (Å²) in [5, 5.41) is 0. The summed E-state index contributed by atoms with van der Waals surface area (Å²) in [6.45, 7) is 4.07. The van der Waals surface area contributed by atoms with Crippen molar-refractivity contribution in [2.45, 2.75) is 13.0 Å². The molecule has 0 fully saturated rings. The van der Waals surface area contributed by atoms with Crippen LogP contribution in [0.15, 0.2) is 60.7 Å². The lowest BCUT2D eigenvalue weighted by molar-refractivity contribution is 0.252. The number of rotatable bonds is 6. The zero-order valence-corrected chi connectivity index (χ0v) is 12.1. The van der Waals surface area contributed by atoms with Gasteiger partial charge in [0.15, 0.2) is 0 Å². The molecule has 0 saturated carbocycles. The van der Waals surface area contributed by atoms with Gasteiger partial charge >= 0.3 is 0 Å². The molecule has 19 heavy (non-hydrogen) atoms. The van der Waals surface area contributed by atoms with Gasteiger partial charge in [-0.05, 0) is 17.7 Å². The van der Waals surface area contributed by atoms with E-state index in [1.807, 2.05) is 0 Å². The first kappa shape index (κ1) is 14.1. The van der Waals surface area contributed by atoms with Crippen molar-refractivity contribution in [3.05, 3.63) is 71.8 Å². The van der Waals surface area contributed by atoms with Crippen molar-refractivity contribution >= 4 is 11.6 Å². The van der Waals surface area contributed by atoms with Gasteiger partial charge in [0.05, 0.1) is 6.04 Å². The van der Waals surface area contributed by atoms with Crippen LogP contribution in [0.5, 0.6) is 0 Å². The van der Waals surface area contributed by atoms with Crippen molar-refractivity contribution in [2.75, 3.05) is 19.0 Å². The van der Waals surface area contributed by atoms with Crippen LogP contribution >= 0.6 is 11.6 Å². The van der Waals surface area contributed by atoms with Gasteiger partial charge in [-0.3, -0.25) is 4.90 Å². The quantitative estimate of drug-likeness (QED) is 0.708. The summed E-state index contributed by atoms with van der Waals surface area (Å²) >= 11 is 5.95. The van der Waals surface area contributed by atoms with E-state index in [0.717, 1.165) is 13.1 Å². The molecule has 0 bridgehead atoms. The zero-order chi connectivity index (χ0) is 13.5. The van der Waals surface area contributed by atoms with Crippen LogP contribution in [-0.4, -0.2) is 23.9 Å². The van der Waals surface area contributed by atoms with E-state index < -0.39 is 0 Å². The molecule has 0 saturated heterocycles. The highest BCUT2D eigenvalue weighted by molar-refractivity contribution is 6.18. The van der Waals surface area contributed by atoms with Gasteiger partial charge in [0, 0.05) is 12.4 Å². The van der Waals surface area contributed by atoms with Crippen molar-refractivity contribution in [1.82, 2.24) is 4.90 Å². The fourth-order valence-electron chi connectivity index (χ4n) is 2.46. The molecule has 0 atom stereocenters. The van der Waals surface area contributed by atoms with Crippen molar-refractivity contribution < 1.29 is 0 Å². The lowest BCUT2D eigenvalue weighted by Gasteiger charge is -2.31. The van der Waals surface area contributed by atoms with Crippen LogP contribution in [0.3, 0.4) is 0 Å². The molecule has 1 nitrogen and oxygen atoms in total. The predicted octanol–water partition coefficient (Wildman–Crippen LogP) is 4.34. The van der Waals surface area contributed by atoms with E-state index in [-0.39, 0.29) is 6.04 Å². The monoisotopic (exact) mass is 273 g/mol. The molecule has 0 aliphatic carbocycles.